The van der Waals surface area contributed by atoms with Crippen molar-refractivity contribution in [3.8, 4) is 11.1 Å². The molecule has 0 saturated carbocycles. The zero-order chi connectivity index (χ0) is 19.1. The summed E-state index contributed by atoms with van der Waals surface area (Å²) < 4.78 is 16.3. The first-order chi connectivity index (χ1) is 13.7. The quantitative estimate of drug-likeness (QED) is 0.530. The smallest absolute Gasteiger partial charge is 0.155 e. The highest BCUT2D eigenvalue weighted by molar-refractivity contribution is 5.73. The number of fused-ring (bicyclic) bond motifs is 2. The van der Waals surface area contributed by atoms with E-state index in [0.717, 1.165) is 42.1 Å². The largest absolute Gasteiger partial charge is 0.338 e. The minimum atomic E-state index is -0.196. The molecule has 0 aliphatic carbocycles. The molecule has 0 saturated heterocycles. The van der Waals surface area contributed by atoms with Crippen LogP contribution in [0.3, 0.4) is 0 Å². The number of benzene rings is 2. The van der Waals surface area contributed by atoms with Gasteiger partial charge in [0.2, 0.25) is 0 Å². The maximum Gasteiger partial charge on any atom is 0.155 e. The Kier molecular flexibility index (Phi) is 4.06. The van der Waals surface area contributed by atoms with Gasteiger partial charge in [-0.3, -0.25) is 0 Å². The number of likely N-dealkylation sites (N-methyl/N-ethyl adjacent to an activating group) is 1. The molecule has 0 spiro atoms. The maximum atomic E-state index is 14.5. The standard InChI is InChI=1S/C22H20FN5/c1-26-10-11-27(21-5-3-2-4-19(21)23)20-8-6-16(12-18(20)13-26)17-7-9-22-24-15-25-28(22)14-17/h2-9,12,14-15H,10-11,13H2,1H3. The predicted molar refractivity (Wildman–Crippen MR) is 108 cm³/mol. The zero-order valence-corrected chi connectivity index (χ0v) is 15.6. The first kappa shape index (κ1) is 16.9. The number of para-hydroxylation sites is 1. The highest BCUT2D eigenvalue weighted by atomic mass is 19.1. The van der Waals surface area contributed by atoms with E-state index in [1.165, 1.54) is 11.6 Å². The highest BCUT2D eigenvalue weighted by Gasteiger charge is 2.21. The molecular weight excluding hydrogens is 353 g/mol. The van der Waals surface area contributed by atoms with Gasteiger partial charge < -0.3 is 9.80 Å². The molecule has 6 heteroatoms. The number of rotatable bonds is 2. The Morgan fingerprint density at radius 1 is 0.929 bits per heavy atom. The lowest BCUT2D eigenvalue weighted by atomic mass is 10.0. The minimum Gasteiger partial charge on any atom is -0.338 e. The van der Waals surface area contributed by atoms with E-state index in [4.69, 9.17) is 0 Å². The van der Waals surface area contributed by atoms with Crippen molar-refractivity contribution in [2.75, 3.05) is 25.0 Å². The van der Waals surface area contributed by atoms with E-state index >= 15 is 0 Å². The minimum absolute atomic E-state index is 0.196. The van der Waals surface area contributed by atoms with Gasteiger partial charge in [0.25, 0.3) is 0 Å². The van der Waals surface area contributed by atoms with Crippen LogP contribution in [0.25, 0.3) is 16.8 Å². The van der Waals surface area contributed by atoms with E-state index in [-0.39, 0.29) is 5.82 Å². The summed E-state index contributed by atoms with van der Waals surface area (Å²) in [7, 11) is 2.10. The average Bonchev–Trinajstić information content (AvgIpc) is 3.11. The lowest BCUT2D eigenvalue weighted by molar-refractivity contribution is 0.343. The summed E-state index contributed by atoms with van der Waals surface area (Å²) in [5.41, 5.74) is 5.87. The predicted octanol–water partition coefficient (Wildman–Crippen LogP) is 4.12. The molecule has 2 aromatic carbocycles. The van der Waals surface area contributed by atoms with E-state index in [9.17, 15) is 4.39 Å². The van der Waals surface area contributed by atoms with Gasteiger partial charge in [-0.2, -0.15) is 5.10 Å². The van der Waals surface area contributed by atoms with Crippen LogP contribution >= 0.6 is 0 Å². The summed E-state index contributed by atoms with van der Waals surface area (Å²) in [6.45, 7) is 2.43. The van der Waals surface area contributed by atoms with Crippen LogP contribution in [0.1, 0.15) is 5.56 Å². The molecule has 0 unspecified atom stereocenters. The molecule has 0 atom stereocenters. The van der Waals surface area contributed by atoms with Crippen molar-refractivity contribution in [3.05, 3.63) is 78.5 Å². The SMILES string of the molecule is CN1CCN(c2ccccc2F)c2ccc(-c3ccc4ncnn4c3)cc2C1. The molecule has 0 radical (unpaired) electrons. The van der Waals surface area contributed by atoms with Crippen LogP contribution in [-0.2, 0) is 6.54 Å². The monoisotopic (exact) mass is 373 g/mol. The van der Waals surface area contributed by atoms with Crippen molar-refractivity contribution in [2.45, 2.75) is 6.54 Å². The molecule has 2 aromatic heterocycles. The number of hydrogen-bond donors (Lipinski definition) is 0. The number of nitrogens with zero attached hydrogens (tertiary/aromatic N) is 5. The zero-order valence-electron chi connectivity index (χ0n) is 15.6. The van der Waals surface area contributed by atoms with Gasteiger partial charge in [-0.25, -0.2) is 13.9 Å². The van der Waals surface area contributed by atoms with Crippen LogP contribution in [0.5, 0.6) is 0 Å². The van der Waals surface area contributed by atoms with Crippen molar-refractivity contribution in [1.29, 1.82) is 0 Å². The van der Waals surface area contributed by atoms with Crippen molar-refractivity contribution < 1.29 is 4.39 Å². The van der Waals surface area contributed by atoms with Gasteiger partial charge >= 0.3 is 0 Å². The average molecular weight is 373 g/mol. The Labute approximate surface area is 162 Å². The van der Waals surface area contributed by atoms with Crippen LogP contribution in [0, 0.1) is 5.82 Å². The van der Waals surface area contributed by atoms with Gasteiger partial charge in [0.1, 0.15) is 12.1 Å². The van der Waals surface area contributed by atoms with Gasteiger partial charge in [0, 0.05) is 37.1 Å². The van der Waals surface area contributed by atoms with E-state index in [1.54, 1.807) is 16.9 Å². The maximum absolute atomic E-state index is 14.5. The molecule has 1 aliphatic rings. The fourth-order valence-electron chi connectivity index (χ4n) is 3.82. The van der Waals surface area contributed by atoms with Crippen molar-refractivity contribution in [3.63, 3.8) is 0 Å². The molecule has 28 heavy (non-hydrogen) atoms. The van der Waals surface area contributed by atoms with Crippen LogP contribution < -0.4 is 4.90 Å². The Balaban J connectivity index is 1.61. The summed E-state index contributed by atoms with van der Waals surface area (Å²) in [4.78, 5) is 8.55. The van der Waals surface area contributed by atoms with Gasteiger partial charge in [0.05, 0.1) is 5.69 Å². The Morgan fingerprint density at radius 3 is 2.68 bits per heavy atom. The summed E-state index contributed by atoms with van der Waals surface area (Å²) in [5.74, 6) is -0.196. The molecule has 0 bridgehead atoms. The van der Waals surface area contributed by atoms with E-state index in [1.807, 2.05) is 24.4 Å². The van der Waals surface area contributed by atoms with Gasteiger partial charge in [0.15, 0.2) is 5.65 Å². The Morgan fingerprint density at radius 2 is 1.79 bits per heavy atom. The third kappa shape index (κ3) is 2.92. The molecule has 5 rings (SSSR count). The molecule has 4 aromatic rings. The van der Waals surface area contributed by atoms with E-state index in [0.29, 0.717) is 5.69 Å². The summed E-state index contributed by atoms with van der Waals surface area (Å²) in [6.07, 6.45) is 3.54. The molecule has 0 amide bonds. The molecule has 0 fully saturated rings. The lowest BCUT2D eigenvalue weighted by Crippen LogP contribution is -2.26. The van der Waals surface area contributed by atoms with Crippen LogP contribution in [0.2, 0.25) is 0 Å². The van der Waals surface area contributed by atoms with Crippen molar-refractivity contribution in [2.24, 2.45) is 0 Å². The topological polar surface area (TPSA) is 36.7 Å². The summed E-state index contributed by atoms with van der Waals surface area (Å²) in [5, 5.41) is 4.23. The Bertz CT molecular complexity index is 1150. The number of anilines is 2. The van der Waals surface area contributed by atoms with E-state index in [2.05, 4.69) is 51.2 Å². The van der Waals surface area contributed by atoms with Gasteiger partial charge in [-0.1, -0.05) is 18.2 Å². The van der Waals surface area contributed by atoms with Crippen LogP contribution in [0.15, 0.2) is 67.1 Å². The highest BCUT2D eigenvalue weighted by Crippen LogP contribution is 2.35. The van der Waals surface area contributed by atoms with E-state index < -0.39 is 0 Å². The molecule has 0 N–H and O–H groups in total. The van der Waals surface area contributed by atoms with Gasteiger partial charge in [-0.05, 0) is 54.6 Å². The Hall–Kier alpha value is -3.25. The third-order valence-corrected chi connectivity index (χ3v) is 5.27. The molecule has 5 nitrogen and oxygen atoms in total. The summed E-state index contributed by atoms with van der Waals surface area (Å²) in [6, 6.07) is 17.4. The lowest BCUT2D eigenvalue weighted by Gasteiger charge is -2.25. The van der Waals surface area contributed by atoms with Crippen LogP contribution in [-0.4, -0.2) is 39.6 Å². The molecule has 1 aliphatic heterocycles. The second-order valence-electron chi connectivity index (χ2n) is 7.16. The molecular formula is C22H20FN5. The number of halogens is 1. The number of hydrogen-bond acceptors (Lipinski definition) is 4. The first-order valence-corrected chi connectivity index (χ1v) is 9.32. The fourth-order valence-corrected chi connectivity index (χ4v) is 3.82. The molecule has 140 valence electrons. The number of aromatic nitrogens is 3. The van der Waals surface area contributed by atoms with Crippen molar-refractivity contribution >= 4 is 17.0 Å². The molecule has 3 heterocycles. The normalized spacial score (nSPS) is 14.9. The summed E-state index contributed by atoms with van der Waals surface area (Å²) >= 11 is 0. The first-order valence-electron chi connectivity index (χ1n) is 9.32. The second-order valence-corrected chi connectivity index (χ2v) is 7.16. The number of pyridine rings is 1. The third-order valence-electron chi connectivity index (χ3n) is 5.27. The van der Waals surface area contributed by atoms with Crippen molar-refractivity contribution in [1.82, 2.24) is 19.5 Å². The second kappa shape index (κ2) is 6.73. The van der Waals surface area contributed by atoms with Crippen LogP contribution in [0.4, 0.5) is 15.8 Å². The fraction of sp³-hybridized carbons (Fsp3) is 0.182. The van der Waals surface area contributed by atoms with Gasteiger partial charge in [-0.15, -0.1) is 0 Å².